The molecule has 0 spiro atoms. The van der Waals surface area contributed by atoms with Gasteiger partial charge in [0.1, 0.15) is 0 Å². The van der Waals surface area contributed by atoms with Crippen LogP contribution < -0.4 is 5.32 Å². The number of carbonyl (C=O) groups excluding carboxylic acids is 3. The highest BCUT2D eigenvalue weighted by atomic mass is 32.1. The maximum absolute atomic E-state index is 12.6. The first kappa shape index (κ1) is 15.2. The summed E-state index contributed by atoms with van der Waals surface area (Å²) in [5.41, 5.74) is 0. The minimum absolute atomic E-state index is 0.0109. The van der Waals surface area contributed by atoms with Crippen LogP contribution in [0.4, 0.5) is 0 Å². The standard InChI is InChI=1S/C16H20N2O3S/c1-9(19)13-3-4-14(22-13)16(21)18(2)12-5-10-7-15(20)17-8-11(10)6-12/h3-4,10-12H,5-8H2,1-2H3,(H,17,20)/t10-,11+,12-/m1/s1. The van der Waals surface area contributed by atoms with Gasteiger partial charge in [-0.05, 0) is 43.7 Å². The third-order valence-corrected chi connectivity index (χ3v) is 6.03. The molecule has 3 rings (SSSR count). The molecule has 1 aliphatic carbocycles. The van der Waals surface area contributed by atoms with Gasteiger partial charge in [-0.3, -0.25) is 14.4 Å². The lowest BCUT2D eigenvalue weighted by Gasteiger charge is -2.24. The number of rotatable bonds is 3. The predicted octanol–water partition coefficient (Wildman–Crippen LogP) is 1.94. The number of hydrogen-bond acceptors (Lipinski definition) is 4. The Morgan fingerprint density at radius 2 is 1.91 bits per heavy atom. The van der Waals surface area contributed by atoms with Crippen LogP contribution >= 0.6 is 11.3 Å². The van der Waals surface area contributed by atoms with Crippen molar-refractivity contribution in [2.45, 2.75) is 32.2 Å². The van der Waals surface area contributed by atoms with Gasteiger partial charge >= 0.3 is 0 Å². The van der Waals surface area contributed by atoms with Gasteiger partial charge in [-0.2, -0.15) is 0 Å². The van der Waals surface area contributed by atoms with E-state index in [0.29, 0.717) is 28.0 Å². The Morgan fingerprint density at radius 1 is 1.23 bits per heavy atom. The molecule has 1 saturated heterocycles. The second kappa shape index (κ2) is 5.83. The van der Waals surface area contributed by atoms with Crippen LogP contribution in [0, 0.1) is 11.8 Å². The Balaban J connectivity index is 1.68. The van der Waals surface area contributed by atoms with Crippen LogP contribution in [0.25, 0.3) is 0 Å². The number of ketones is 1. The van der Waals surface area contributed by atoms with Gasteiger partial charge in [0, 0.05) is 26.1 Å². The number of piperidine rings is 1. The average Bonchev–Trinajstić information content (AvgIpc) is 3.11. The number of amides is 2. The summed E-state index contributed by atoms with van der Waals surface area (Å²) < 4.78 is 0. The fourth-order valence-corrected chi connectivity index (χ4v) is 4.42. The molecule has 2 amide bonds. The molecule has 22 heavy (non-hydrogen) atoms. The maximum Gasteiger partial charge on any atom is 0.263 e. The topological polar surface area (TPSA) is 66.5 Å². The van der Waals surface area contributed by atoms with Crippen LogP contribution in [0.3, 0.4) is 0 Å². The van der Waals surface area contributed by atoms with Crippen molar-refractivity contribution in [1.82, 2.24) is 10.2 Å². The number of nitrogens with one attached hydrogen (secondary N) is 1. The molecule has 2 fully saturated rings. The van der Waals surface area contributed by atoms with E-state index in [-0.39, 0.29) is 23.6 Å². The molecule has 1 saturated carbocycles. The SMILES string of the molecule is CC(=O)c1ccc(C(=O)N(C)[C@H]2C[C@H]3CNC(=O)C[C@H]3C2)s1. The molecule has 2 heterocycles. The van der Waals surface area contributed by atoms with Gasteiger partial charge in [0.25, 0.3) is 5.91 Å². The van der Waals surface area contributed by atoms with Gasteiger partial charge < -0.3 is 10.2 Å². The summed E-state index contributed by atoms with van der Waals surface area (Å²) in [7, 11) is 1.83. The molecule has 0 radical (unpaired) electrons. The Bertz CT molecular complexity index is 625. The first-order valence-electron chi connectivity index (χ1n) is 7.60. The second-order valence-electron chi connectivity index (χ2n) is 6.29. The van der Waals surface area contributed by atoms with Crippen molar-refractivity contribution in [1.29, 1.82) is 0 Å². The van der Waals surface area contributed by atoms with Crippen molar-refractivity contribution in [3.05, 3.63) is 21.9 Å². The Labute approximate surface area is 133 Å². The predicted molar refractivity (Wildman–Crippen MR) is 84.0 cm³/mol. The zero-order chi connectivity index (χ0) is 15.9. The zero-order valence-electron chi connectivity index (χ0n) is 12.8. The molecule has 3 atom stereocenters. The van der Waals surface area contributed by atoms with Gasteiger partial charge in [-0.15, -0.1) is 11.3 Å². The summed E-state index contributed by atoms with van der Waals surface area (Å²) >= 11 is 1.25. The number of thiophene rings is 1. The fraction of sp³-hybridized carbons (Fsp3) is 0.562. The van der Waals surface area contributed by atoms with Crippen LogP contribution in [-0.4, -0.2) is 42.1 Å². The molecular weight excluding hydrogens is 300 g/mol. The Hall–Kier alpha value is -1.69. The normalized spacial score (nSPS) is 27.2. The molecule has 1 aromatic heterocycles. The van der Waals surface area contributed by atoms with Crippen molar-refractivity contribution < 1.29 is 14.4 Å². The van der Waals surface area contributed by atoms with E-state index in [0.717, 1.165) is 19.4 Å². The van der Waals surface area contributed by atoms with Crippen LogP contribution in [0.2, 0.25) is 0 Å². The number of Topliss-reactive ketones (excluding diaryl/α,β-unsaturated/α-hetero) is 1. The minimum Gasteiger partial charge on any atom is -0.356 e. The van der Waals surface area contributed by atoms with Crippen molar-refractivity contribution in [3.63, 3.8) is 0 Å². The van der Waals surface area contributed by atoms with Gasteiger partial charge in [-0.25, -0.2) is 0 Å². The van der Waals surface area contributed by atoms with E-state index in [2.05, 4.69) is 5.32 Å². The lowest BCUT2D eigenvalue weighted by molar-refractivity contribution is -0.124. The number of carbonyl (C=O) groups is 3. The van der Waals surface area contributed by atoms with E-state index in [9.17, 15) is 14.4 Å². The van der Waals surface area contributed by atoms with E-state index >= 15 is 0 Å². The highest BCUT2D eigenvalue weighted by molar-refractivity contribution is 7.15. The molecule has 6 heteroatoms. The smallest absolute Gasteiger partial charge is 0.263 e. The first-order chi connectivity index (χ1) is 10.5. The lowest BCUT2D eigenvalue weighted by atomic mass is 9.89. The summed E-state index contributed by atoms with van der Waals surface area (Å²) in [5.74, 6) is 0.961. The lowest BCUT2D eigenvalue weighted by Crippen LogP contribution is -2.38. The van der Waals surface area contributed by atoms with Crippen molar-refractivity contribution >= 4 is 28.9 Å². The molecule has 5 nitrogen and oxygen atoms in total. The molecule has 0 bridgehead atoms. The highest BCUT2D eigenvalue weighted by Crippen LogP contribution is 2.38. The average molecular weight is 320 g/mol. The molecule has 1 N–H and O–H groups in total. The first-order valence-corrected chi connectivity index (χ1v) is 8.42. The van der Waals surface area contributed by atoms with Crippen molar-refractivity contribution in [2.75, 3.05) is 13.6 Å². The number of hydrogen-bond donors (Lipinski definition) is 1. The minimum atomic E-state index is -0.0274. The molecule has 118 valence electrons. The quantitative estimate of drug-likeness (QED) is 0.866. The van der Waals surface area contributed by atoms with Gasteiger partial charge in [-0.1, -0.05) is 0 Å². The molecule has 0 unspecified atom stereocenters. The third-order valence-electron chi connectivity index (χ3n) is 4.86. The van der Waals surface area contributed by atoms with Crippen LogP contribution in [0.1, 0.15) is 45.5 Å². The van der Waals surface area contributed by atoms with E-state index in [4.69, 9.17) is 0 Å². The van der Waals surface area contributed by atoms with E-state index in [1.54, 1.807) is 17.0 Å². The van der Waals surface area contributed by atoms with Crippen LogP contribution in [0.5, 0.6) is 0 Å². The zero-order valence-corrected chi connectivity index (χ0v) is 13.6. The number of nitrogens with zero attached hydrogens (tertiary/aromatic N) is 1. The molecular formula is C16H20N2O3S. The largest absolute Gasteiger partial charge is 0.356 e. The highest BCUT2D eigenvalue weighted by Gasteiger charge is 2.40. The van der Waals surface area contributed by atoms with Crippen LogP contribution in [-0.2, 0) is 4.79 Å². The van der Waals surface area contributed by atoms with Gasteiger partial charge in [0.2, 0.25) is 5.91 Å². The summed E-state index contributed by atoms with van der Waals surface area (Å²) in [6.45, 7) is 2.24. The third kappa shape index (κ3) is 2.79. The molecule has 2 aliphatic rings. The van der Waals surface area contributed by atoms with E-state index in [1.165, 1.54) is 18.3 Å². The van der Waals surface area contributed by atoms with Gasteiger partial charge in [0.15, 0.2) is 5.78 Å². The van der Waals surface area contributed by atoms with E-state index in [1.807, 2.05) is 7.05 Å². The Kier molecular flexibility index (Phi) is 4.04. The summed E-state index contributed by atoms with van der Waals surface area (Å²) in [4.78, 5) is 38.4. The molecule has 0 aromatic carbocycles. The summed E-state index contributed by atoms with van der Waals surface area (Å²) in [6, 6.07) is 3.62. The van der Waals surface area contributed by atoms with Crippen LogP contribution in [0.15, 0.2) is 12.1 Å². The second-order valence-corrected chi connectivity index (χ2v) is 7.37. The monoisotopic (exact) mass is 320 g/mol. The molecule has 1 aliphatic heterocycles. The Morgan fingerprint density at radius 3 is 2.59 bits per heavy atom. The number of fused-ring (bicyclic) bond motifs is 1. The van der Waals surface area contributed by atoms with Crippen molar-refractivity contribution in [2.24, 2.45) is 11.8 Å². The van der Waals surface area contributed by atoms with Gasteiger partial charge in [0.05, 0.1) is 9.75 Å². The van der Waals surface area contributed by atoms with Crippen molar-refractivity contribution in [3.8, 4) is 0 Å². The maximum atomic E-state index is 12.6. The fourth-order valence-electron chi connectivity index (χ4n) is 3.53. The summed E-state index contributed by atoms with van der Waals surface area (Å²) in [6.07, 6.45) is 2.42. The molecule has 1 aromatic rings. The van der Waals surface area contributed by atoms with E-state index < -0.39 is 0 Å². The summed E-state index contributed by atoms with van der Waals surface area (Å²) in [5, 5.41) is 2.91.